The number of carboxylic acids is 1. The second-order valence-electron chi connectivity index (χ2n) is 6.02. The van der Waals surface area contributed by atoms with Gasteiger partial charge in [0.2, 0.25) is 5.76 Å². The van der Waals surface area contributed by atoms with Gasteiger partial charge in [0.05, 0.1) is 11.6 Å². The molecule has 0 bridgehead atoms. The van der Waals surface area contributed by atoms with Crippen LogP contribution in [-0.2, 0) is 0 Å². The van der Waals surface area contributed by atoms with Gasteiger partial charge in [-0.25, -0.2) is 4.79 Å². The van der Waals surface area contributed by atoms with Crippen LogP contribution in [0.3, 0.4) is 0 Å². The zero-order valence-corrected chi connectivity index (χ0v) is 12.1. The van der Waals surface area contributed by atoms with Gasteiger partial charge in [-0.15, -0.1) is 0 Å². The van der Waals surface area contributed by atoms with E-state index in [0.29, 0.717) is 18.2 Å². The molecule has 0 spiro atoms. The predicted molar refractivity (Wildman–Crippen MR) is 74.7 cm³/mol. The molecule has 0 radical (unpaired) electrons. The first-order valence-electron chi connectivity index (χ1n) is 7.18. The van der Waals surface area contributed by atoms with Crippen LogP contribution in [0.1, 0.15) is 61.9 Å². The molecule has 1 saturated carbocycles. The Morgan fingerprint density at radius 1 is 1.50 bits per heavy atom. The van der Waals surface area contributed by atoms with Crippen molar-refractivity contribution in [3.05, 3.63) is 23.7 Å². The Labute approximate surface area is 119 Å². The number of furan rings is 1. The number of carbonyl (C=O) groups is 1. The number of hydrogen-bond acceptors (Lipinski definition) is 4. The summed E-state index contributed by atoms with van der Waals surface area (Å²) in [4.78, 5) is 10.8. The predicted octanol–water partition coefficient (Wildman–Crippen LogP) is 2.57. The normalized spacial score (nSPS) is 28.2. The minimum absolute atomic E-state index is 0.0566. The highest BCUT2D eigenvalue weighted by molar-refractivity contribution is 5.84. The first-order valence-corrected chi connectivity index (χ1v) is 7.18. The van der Waals surface area contributed by atoms with Crippen LogP contribution in [0, 0.1) is 5.92 Å². The van der Waals surface area contributed by atoms with Crippen molar-refractivity contribution in [3.63, 3.8) is 0 Å². The average Bonchev–Trinajstić information content (AvgIpc) is 2.90. The molecule has 5 nitrogen and oxygen atoms in total. The molecule has 1 aliphatic carbocycles. The van der Waals surface area contributed by atoms with Crippen molar-refractivity contribution in [1.29, 1.82) is 0 Å². The summed E-state index contributed by atoms with van der Waals surface area (Å²) in [5.74, 6) is 0.147. The van der Waals surface area contributed by atoms with E-state index in [-0.39, 0.29) is 11.8 Å². The van der Waals surface area contributed by atoms with Crippen molar-refractivity contribution in [2.75, 3.05) is 6.54 Å². The minimum atomic E-state index is -1.07. The molecule has 1 aromatic rings. The summed E-state index contributed by atoms with van der Waals surface area (Å²) in [7, 11) is 0. The maximum atomic E-state index is 10.8. The number of nitrogens with one attached hydrogen (secondary N) is 1. The molecular weight excluding hydrogens is 258 g/mol. The number of hydrogen-bond donors (Lipinski definition) is 3. The molecule has 1 aliphatic rings. The second-order valence-corrected chi connectivity index (χ2v) is 6.02. The Balaban J connectivity index is 1.88. The summed E-state index contributed by atoms with van der Waals surface area (Å²) in [6.07, 6.45) is 3.73. The second kappa shape index (κ2) is 5.97. The van der Waals surface area contributed by atoms with E-state index in [1.165, 1.54) is 6.07 Å². The van der Waals surface area contributed by atoms with Gasteiger partial charge in [-0.05, 0) is 50.7 Å². The van der Waals surface area contributed by atoms with Crippen molar-refractivity contribution in [1.82, 2.24) is 5.32 Å². The van der Waals surface area contributed by atoms with E-state index in [9.17, 15) is 9.90 Å². The number of aromatic carboxylic acids is 1. The molecule has 1 fully saturated rings. The van der Waals surface area contributed by atoms with Gasteiger partial charge in [0, 0.05) is 6.54 Å². The van der Waals surface area contributed by atoms with E-state index in [1.54, 1.807) is 6.07 Å². The fraction of sp³-hybridized carbons (Fsp3) is 0.667. The lowest BCUT2D eigenvalue weighted by atomic mass is 9.79. The van der Waals surface area contributed by atoms with Gasteiger partial charge in [-0.1, -0.05) is 6.92 Å². The van der Waals surface area contributed by atoms with Crippen LogP contribution in [0.4, 0.5) is 0 Å². The largest absolute Gasteiger partial charge is 0.475 e. The van der Waals surface area contributed by atoms with Crippen molar-refractivity contribution in [2.24, 2.45) is 5.92 Å². The highest BCUT2D eigenvalue weighted by atomic mass is 16.4. The monoisotopic (exact) mass is 281 g/mol. The Morgan fingerprint density at radius 3 is 2.70 bits per heavy atom. The molecule has 5 heteroatoms. The molecular formula is C15H23NO4. The third-order valence-corrected chi connectivity index (χ3v) is 4.21. The molecule has 3 N–H and O–H groups in total. The molecule has 2 rings (SSSR count). The van der Waals surface area contributed by atoms with Crippen molar-refractivity contribution in [2.45, 2.75) is 51.2 Å². The summed E-state index contributed by atoms with van der Waals surface area (Å²) >= 11 is 0. The molecule has 0 amide bonds. The summed E-state index contributed by atoms with van der Waals surface area (Å²) in [5.41, 5.74) is -0.650. The minimum Gasteiger partial charge on any atom is -0.475 e. The van der Waals surface area contributed by atoms with Crippen LogP contribution in [-0.4, -0.2) is 28.3 Å². The van der Waals surface area contributed by atoms with Crippen LogP contribution >= 0.6 is 0 Å². The zero-order valence-electron chi connectivity index (χ0n) is 12.1. The maximum absolute atomic E-state index is 10.8. The van der Waals surface area contributed by atoms with Crippen molar-refractivity contribution < 1.29 is 19.4 Å². The van der Waals surface area contributed by atoms with Gasteiger partial charge in [-0.2, -0.15) is 0 Å². The molecule has 0 aromatic carbocycles. The molecule has 1 atom stereocenters. The van der Waals surface area contributed by atoms with E-state index in [0.717, 1.165) is 25.7 Å². The van der Waals surface area contributed by atoms with Gasteiger partial charge < -0.3 is 19.9 Å². The van der Waals surface area contributed by atoms with Gasteiger partial charge in [0.25, 0.3) is 0 Å². The molecule has 1 unspecified atom stereocenters. The number of carboxylic acid groups (broad SMARTS) is 1. The van der Waals surface area contributed by atoms with E-state index < -0.39 is 11.6 Å². The van der Waals surface area contributed by atoms with Gasteiger partial charge in [0.1, 0.15) is 5.76 Å². The highest BCUT2D eigenvalue weighted by Crippen LogP contribution is 2.31. The molecule has 20 heavy (non-hydrogen) atoms. The van der Waals surface area contributed by atoms with E-state index in [2.05, 4.69) is 12.2 Å². The molecule has 1 heterocycles. The Bertz CT molecular complexity index is 460. The van der Waals surface area contributed by atoms with Crippen LogP contribution in [0.2, 0.25) is 0 Å². The highest BCUT2D eigenvalue weighted by Gasteiger charge is 2.32. The topological polar surface area (TPSA) is 82.7 Å². The van der Waals surface area contributed by atoms with Crippen molar-refractivity contribution in [3.8, 4) is 0 Å². The van der Waals surface area contributed by atoms with E-state index >= 15 is 0 Å². The number of aliphatic hydroxyl groups is 1. The molecule has 0 aliphatic heterocycles. The smallest absolute Gasteiger partial charge is 0.371 e. The summed E-state index contributed by atoms with van der Waals surface area (Å²) in [6.45, 7) is 4.62. The lowest BCUT2D eigenvalue weighted by Gasteiger charge is -2.35. The van der Waals surface area contributed by atoms with E-state index in [4.69, 9.17) is 9.52 Å². The van der Waals surface area contributed by atoms with Gasteiger partial charge in [0.15, 0.2) is 0 Å². The Kier molecular flexibility index (Phi) is 4.50. The fourth-order valence-electron chi connectivity index (χ4n) is 2.62. The third-order valence-electron chi connectivity index (χ3n) is 4.21. The summed E-state index contributed by atoms with van der Waals surface area (Å²) < 4.78 is 5.25. The van der Waals surface area contributed by atoms with Crippen molar-refractivity contribution >= 4 is 5.97 Å². The quantitative estimate of drug-likeness (QED) is 0.772. The zero-order chi connectivity index (χ0) is 14.8. The number of rotatable bonds is 5. The SMILES string of the molecule is CC1CCC(O)(CNC(C)c2ccc(C(=O)O)o2)CC1. The average molecular weight is 281 g/mol. The van der Waals surface area contributed by atoms with Gasteiger partial charge >= 0.3 is 5.97 Å². The maximum Gasteiger partial charge on any atom is 0.371 e. The van der Waals surface area contributed by atoms with Crippen LogP contribution < -0.4 is 5.32 Å². The van der Waals surface area contributed by atoms with Gasteiger partial charge in [-0.3, -0.25) is 0 Å². The van der Waals surface area contributed by atoms with Crippen LogP contribution in [0.5, 0.6) is 0 Å². The van der Waals surface area contributed by atoms with Crippen LogP contribution in [0.15, 0.2) is 16.5 Å². The Hall–Kier alpha value is -1.33. The van der Waals surface area contributed by atoms with E-state index in [1.807, 2.05) is 6.92 Å². The summed E-state index contributed by atoms with van der Waals surface area (Å²) in [6, 6.07) is 2.99. The summed E-state index contributed by atoms with van der Waals surface area (Å²) in [5, 5.41) is 22.6. The first-order chi connectivity index (χ1) is 9.39. The lowest BCUT2D eigenvalue weighted by molar-refractivity contribution is -0.00829. The fourth-order valence-corrected chi connectivity index (χ4v) is 2.62. The molecule has 0 saturated heterocycles. The van der Waals surface area contributed by atoms with Crippen LogP contribution in [0.25, 0.3) is 0 Å². The molecule has 112 valence electrons. The molecule has 1 aromatic heterocycles. The lowest BCUT2D eigenvalue weighted by Crippen LogP contribution is -2.43. The standard InChI is InChI=1S/C15H23NO4/c1-10-5-7-15(19,8-6-10)9-16-11(2)12-3-4-13(20-12)14(17)18/h3-4,10-11,16,19H,5-9H2,1-2H3,(H,17,18). The Morgan fingerprint density at radius 2 is 2.15 bits per heavy atom. The first kappa shape index (κ1) is 15.1. The third kappa shape index (κ3) is 3.61.